The van der Waals surface area contributed by atoms with E-state index in [4.69, 9.17) is 14.5 Å². The van der Waals surface area contributed by atoms with Gasteiger partial charge >= 0.3 is 6.03 Å². The van der Waals surface area contributed by atoms with Crippen molar-refractivity contribution in [1.82, 2.24) is 20.1 Å². The molecule has 2 aliphatic rings. The molecule has 3 aromatic rings. The van der Waals surface area contributed by atoms with Gasteiger partial charge in [-0.25, -0.2) is 14.2 Å². The van der Waals surface area contributed by atoms with Crippen molar-refractivity contribution in [3.8, 4) is 22.4 Å². The zero-order valence-corrected chi connectivity index (χ0v) is 21.5. The number of rotatable bonds is 8. The lowest BCUT2D eigenvalue weighted by atomic mass is 9.98. The first-order chi connectivity index (χ1) is 17.9. The van der Waals surface area contributed by atoms with Crippen molar-refractivity contribution in [3.05, 3.63) is 48.0 Å². The van der Waals surface area contributed by atoms with Crippen molar-refractivity contribution < 1.29 is 18.7 Å². The van der Waals surface area contributed by atoms with E-state index in [1.807, 2.05) is 32.3 Å². The first-order valence-corrected chi connectivity index (χ1v) is 12.6. The van der Waals surface area contributed by atoms with Crippen molar-refractivity contribution in [2.75, 3.05) is 50.2 Å². The monoisotopic (exact) mass is 508 g/mol. The zero-order chi connectivity index (χ0) is 26.0. The molecule has 2 N–H and O–H groups in total. The third kappa shape index (κ3) is 5.75. The number of ether oxygens (including phenoxy) is 2. The van der Waals surface area contributed by atoms with Gasteiger partial charge in [0.1, 0.15) is 11.6 Å². The summed E-state index contributed by atoms with van der Waals surface area (Å²) < 4.78 is 27.6. The molecule has 1 aliphatic carbocycles. The predicted molar refractivity (Wildman–Crippen MR) is 140 cm³/mol. The van der Waals surface area contributed by atoms with Crippen LogP contribution in [0.2, 0.25) is 0 Å². The quantitative estimate of drug-likeness (QED) is 0.476. The summed E-state index contributed by atoms with van der Waals surface area (Å²) in [6, 6.07) is 6.68. The van der Waals surface area contributed by atoms with Gasteiger partial charge in [-0.3, -0.25) is 4.68 Å². The summed E-state index contributed by atoms with van der Waals surface area (Å²) in [4.78, 5) is 19.6. The van der Waals surface area contributed by atoms with Crippen LogP contribution in [0.3, 0.4) is 0 Å². The Morgan fingerprint density at radius 3 is 2.65 bits per heavy atom. The van der Waals surface area contributed by atoms with E-state index in [0.717, 1.165) is 66.1 Å². The second-order valence-electron chi connectivity index (χ2n) is 9.77. The van der Waals surface area contributed by atoms with Gasteiger partial charge in [-0.15, -0.1) is 0 Å². The third-order valence-electron chi connectivity index (χ3n) is 7.13. The molecule has 2 amide bonds. The molecule has 2 fully saturated rings. The first-order valence-electron chi connectivity index (χ1n) is 12.6. The zero-order valence-electron chi connectivity index (χ0n) is 21.5. The van der Waals surface area contributed by atoms with Gasteiger partial charge < -0.3 is 25.0 Å². The third-order valence-corrected chi connectivity index (χ3v) is 7.13. The number of carbonyl (C=O) groups is 1. The van der Waals surface area contributed by atoms with Crippen LogP contribution in [0, 0.1) is 12.7 Å². The molecule has 0 spiro atoms. The van der Waals surface area contributed by atoms with Crippen molar-refractivity contribution in [2.24, 2.45) is 7.05 Å². The summed E-state index contributed by atoms with van der Waals surface area (Å²) in [7, 11) is 3.56. The molecular formula is C27H33FN6O3. The number of carbonyl (C=O) groups excluding carboxylic acids is 1. The highest BCUT2D eigenvalue weighted by molar-refractivity contribution is 5.91. The summed E-state index contributed by atoms with van der Waals surface area (Å²) in [6.07, 6.45) is 6.43. The van der Waals surface area contributed by atoms with Crippen LogP contribution in [-0.4, -0.2) is 66.4 Å². The van der Waals surface area contributed by atoms with Crippen molar-refractivity contribution in [2.45, 2.75) is 31.8 Å². The maximum absolute atomic E-state index is 14.9. The van der Waals surface area contributed by atoms with Crippen LogP contribution >= 0.6 is 0 Å². The minimum absolute atomic E-state index is 0.110. The molecule has 0 radical (unpaired) electrons. The van der Waals surface area contributed by atoms with Crippen LogP contribution in [-0.2, 0) is 16.5 Å². The standard InChI is InChI=1S/C27H33FN6O3/c1-18-12-22(28)24(32-26(35)29-7-6-27(36-3)4-5-27)15-21(18)19-13-23(20-16-30-33(2)17-20)31-25(14-19)34-8-10-37-11-9-34/h12-17H,4-11H2,1-3H3,(H2,29,32,35). The van der Waals surface area contributed by atoms with Gasteiger partial charge in [-0.2, -0.15) is 5.10 Å². The number of aryl methyl sites for hydroxylation is 2. The van der Waals surface area contributed by atoms with Crippen LogP contribution < -0.4 is 15.5 Å². The van der Waals surface area contributed by atoms with Crippen LogP contribution in [0.1, 0.15) is 24.8 Å². The molecule has 196 valence electrons. The van der Waals surface area contributed by atoms with Crippen LogP contribution in [0.5, 0.6) is 0 Å². The number of nitrogens with one attached hydrogen (secondary N) is 2. The van der Waals surface area contributed by atoms with Gasteiger partial charge in [0.2, 0.25) is 0 Å². The summed E-state index contributed by atoms with van der Waals surface area (Å²) in [5.74, 6) is 0.338. The molecule has 1 saturated carbocycles. The van der Waals surface area contributed by atoms with E-state index >= 15 is 0 Å². The molecule has 1 aromatic carbocycles. The number of anilines is 2. The lowest BCUT2D eigenvalue weighted by Gasteiger charge is -2.28. The number of amides is 2. The minimum atomic E-state index is -0.484. The molecule has 0 unspecified atom stereocenters. The van der Waals surface area contributed by atoms with Crippen molar-refractivity contribution in [3.63, 3.8) is 0 Å². The Labute approximate surface area is 216 Å². The second kappa shape index (κ2) is 10.5. The Balaban J connectivity index is 1.42. The number of aromatic nitrogens is 3. The Morgan fingerprint density at radius 2 is 1.97 bits per heavy atom. The average Bonchev–Trinajstić information content (AvgIpc) is 3.55. The summed E-state index contributed by atoms with van der Waals surface area (Å²) in [6.45, 7) is 5.07. The lowest BCUT2D eigenvalue weighted by Crippen LogP contribution is -2.36. The number of hydrogen-bond acceptors (Lipinski definition) is 6. The minimum Gasteiger partial charge on any atom is -0.378 e. The fourth-order valence-electron chi connectivity index (χ4n) is 4.67. The Morgan fingerprint density at radius 1 is 1.19 bits per heavy atom. The highest BCUT2D eigenvalue weighted by atomic mass is 19.1. The van der Waals surface area contributed by atoms with Crippen LogP contribution in [0.15, 0.2) is 36.7 Å². The average molecular weight is 509 g/mol. The molecule has 1 aliphatic heterocycles. The number of hydrogen-bond donors (Lipinski definition) is 2. The number of halogens is 1. The number of benzene rings is 1. The molecule has 1 saturated heterocycles. The van der Waals surface area contributed by atoms with E-state index in [1.54, 1.807) is 24.1 Å². The number of pyridine rings is 1. The highest BCUT2D eigenvalue weighted by Crippen LogP contribution is 2.41. The van der Waals surface area contributed by atoms with Gasteiger partial charge in [0.15, 0.2) is 0 Å². The summed E-state index contributed by atoms with van der Waals surface area (Å²) in [5.41, 5.74) is 4.13. The maximum atomic E-state index is 14.9. The van der Waals surface area contributed by atoms with E-state index in [0.29, 0.717) is 19.8 Å². The Hall–Kier alpha value is -3.50. The van der Waals surface area contributed by atoms with Crippen LogP contribution in [0.25, 0.3) is 22.4 Å². The fourth-order valence-corrected chi connectivity index (χ4v) is 4.67. The molecule has 3 heterocycles. The molecule has 2 aromatic heterocycles. The second-order valence-corrected chi connectivity index (χ2v) is 9.77. The first kappa shape index (κ1) is 25.2. The van der Waals surface area contributed by atoms with Gasteiger partial charge in [0, 0.05) is 45.6 Å². The topological polar surface area (TPSA) is 93.5 Å². The molecule has 10 heteroatoms. The number of morpholine rings is 1. The summed E-state index contributed by atoms with van der Waals surface area (Å²) in [5, 5.41) is 9.78. The van der Waals surface area contributed by atoms with Crippen molar-refractivity contribution in [1.29, 1.82) is 0 Å². The molecule has 37 heavy (non-hydrogen) atoms. The van der Waals surface area contributed by atoms with E-state index in [9.17, 15) is 9.18 Å². The lowest BCUT2D eigenvalue weighted by molar-refractivity contribution is 0.0736. The molecule has 9 nitrogen and oxygen atoms in total. The van der Waals surface area contributed by atoms with E-state index < -0.39 is 11.8 Å². The SMILES string of the molecule is COC1(CCNC(=O)Nc2cc(-c3cc(-c4cnn(C)c4)nc(N4CCOCC4)c3)c(C)cc2F)CC1. The highest BCUT2D eigenvalue weighted by Gasteiger charge is 2.42. The van der Waals surface area contributed by atoms with Gasteiger partial charge in [0.25, 0.3) is 0 Å². The van der Waals surface area contributed by atoms with Gasteiger partial charge in [-0.05, 0) is 67.1 Å². The molecular weight excluding hydrogens is 475 g/mol. The molecule has 0 bridgehead atoms. The molecule has 5 rings (SSSR count). The number of methoxy groups -OCH3 is 1. The van der Waals surface area contributed by atoms with E-state index in [1.165, 1.54) is 6.07 Å². The number of nitrogens with zero attached hydrogens (tertiary/aromatic N) is 4. The fraction of sp³-hybridized carbons (Fsp3) is 0.444. The van der Waals surface area contributed by atoms with Crippen molar-refractivity contribution >= 4 is 17.5 Å². The number of urea groups is 1. The van der Waals surface area contributed by atoms with Gasteiger partial charge in [-0.1, -0.05) is 0 Å². The summed E-state index contributed by atoms with van der Waals surface area (Å²) >= 11 is 0. The van der Waals surface area contributed by atoms with E-state index in [-0.39, 0.29) is 11.3 Å². The normalized spacial score (nSPS) is 16.5. The van der Waals surface area contributed by atoms with Gasteiger partial charge in [0.05, 0.1) is 36.4 Å². The van der Waals surface area contributed by atoms with Crippen LogP contribution in [0.4, 0.5) is 20.7 Å². The predicted octanol–water partition coefficient (Wildman–Crippen LogP) is 4.12. The van der Waals surface area contributed by atoms with E-state index in [2.05, 4.69) is 20.6 Å². The smallest absolute Gasteiger partial charge is 0.319 e. The maximum Gasteiger partial charge on any atom is 0.319 e. The molecule has 0 atom stereocenters. The Kier molecular flexibility index (Phi) is 7.12. The Bertz CT molecular complexity index is 1280. The largest absolute Gasteiger partial charge is 0.378 e.